The van der Waals surface area contributed by atoms with Crippen molar-refractivity contribution in [1.82, 2.24) is 0 Å². The largest absolute Gasteiger partial charge is 0.508 e. The molecule has 1 aromatic rings. The van der Waals surface area contributed by atoms with E-state index in [2.05, 4.69) is 13.0 Å². The van der Waals surface area contributed by atoms with Gasteiger partial charge in [0.15, 0.2) is 0 Å². The summed E-state index contributed by atoms with van der Waals surface area (Å²) in [5, 5.41) is 9.36. The van der Waals surface area contributed by atoms with E-state index in [4.69, 9.17) is 0 Å². The van der Waals surface area contributed by atoms with Gasteiger partial charge in [0.25, 0.3) is 0 Å². The van der Waals surface area contributed by atoms with Crippen LogP contribution in [0, 0.1) is 0 Å². The Morgan fingerprint density at radius 3 is 2.81 bits per heavy atom. The van der Waals surface area contributed by atoms with Crippen LogP contribution in [0.25, 0.3) is 0 Å². The molecule has 0 aromatic heterocycles. The normalized spacial score (nSPS) is 12.3. The third-order valence-electron chi connectivity index (χ3n) is 2.90. The average molecular weight is 220 g/mol. The van der Waals surface area contributed by atoms with Crippen molar-refractivity contribution in [2.75, 3.05) is 0 Å². The van der Waals surface area contributed by atoms with E-state index in [1.54, 1.807) is 6.07 Å². The lowest BCUT2D eigenvalue weighted by atomic mass is 9.95. The number of carbonyl (C=O) groups excluding carboxylic acids is 1. The SMILES string of the molecule is CC(CCCCCC=O)c1cccc(O)c1. The van der Waals surface area contributed by atoms with E-state index in [9.17, 15) is 9.90 Å². The summed E-state index contributed by atoms with van der Waals surface area (Å²) in [5.74, 6) is 0.814. The minimum atomic E-state index is 0.338. The van der Waals surface area contributed by atoms with Gasteiger partial charge in [-0.25, -0.2) is 0 Å². The van der Waals surface area contributed by atoms with Crippen molar-refractivity contribution < 1.29 is 9.90 Å². The van der Waals surface area contributed by atoms with Crippen LogP contribution in [0.2, 0.25) is 0 Å². The molecule has 0 amide bonds. The van der Waals surface area contributed by atoms with Crippen LogP contribution in [-0.4, -0.2) is 11.4 Å². The van der Waals surface area contributed by atoms with Crippen molar-refractivity contribution in [3.05, 3.63) is 29.8 Å². The molecule has 0 aliphatic carbocycles. The van der Waals surface area contributed by atoms with Gasteiger partial charge in [-0.2, -0.15) is 0 Å². The van der Waals surface area contributed by atoms with Crippen molar-refractivity contribution >= 4 is 6.29 Å². The van der Waals surface area contributed by atoms with E-state index in [1.165, 1.54) is 5.56 Å². The molecule has 0 fully saturated rings. The summed E-state index contributed by atoms with van der Waals surface area (Å²) in [5.41, 5.74) is 1.19. The third-order valence-corrected chi connectivity index (χ3v) is 2.90. The number of unbranched alkanes of at least 4 members (excludes halogenated alkanes) is 3. The van der Waals surface area contributed by atoms with E-state index in [1.807, 2.05) is 12.1 Å². The Labute approximate surface area is 97.3 Å². The highest BCUT2D eigenvalue weighted by atomic mass is 16.3. The number of aromatic hydroxyl groups is 1. The first-order valence-electron chi connectivity index (χ1n) is 5.96. The van der Waals surface area contributed by atoms with Gasteiger partial charge in [0, 0.05) is 6.42 Å². The zero-order chi connectivity index (χ0) is 11.8. The Bertz CT molecular complexity index is 320. The van der Waals surface area contributed by atoms with Gasteiger partial charge in [0.05, 0.1) is 0 Å². The number of carbonyl (C=O) groups is 1. The summed E-state index contributed by atoms with van der Waals surface area (Å²) in [6.07, 6.45) is 6.03. The predicted octanol–water partition coefficient (Wildman–Crippen LogP) is 3.65. The Hall–Kier alpha value is -1.31. The van der Waals surface area contributed by atoms with Crippen molar-refractivity contribution in [2.45, 2.75) is 44.9 Å². The van der Waals surface area contributed by atoms with Gasteiger partial charge >= 0.3 is 0 Å². The van der Waals surface area contributed by atoms with Crippen LogP contribution in [0.5, 0.6) is 5.75 Å². The smallest absolute Gasteiger partial charge is 0.119 e. The molecule has 2 nitrogen and oxygen atoms in total. The highest BCUT2D eigenvalue weighted by molar-refractivity contribution is 5.48. The molecule has 2 heteroatoms. The van der Waals surface area contributed by atoms with Crippen molar-refractivity contribution in [3.8, 4) is 5.75 Å². The molecular formula is C14H20O2. The fourth-order valence-electron chi connectivity index (χ4n) is 1.85. The molecular weight excluding hydrogens is 200 g/mol. The Morgan fingerprint density at radius 2 is 2.12 bits per heavy atom. The van der Waals surface area contributed by atoms with Crippen LogP contribution in [0.1, 0.15) is 50.5 Å². The topological polar surface area (TPSA) is 37.3 Å². The fraction of sp³-hybridized carbons (Fsp3) is 0.500. The molecule has 1 aromatic carbocycles. The van der Waals surface area contributed by atoms with Gasteiger partial charge in [-0.15, -0.1) is 0 Å². The minimum Gasteiger partial charge on any atom is -0.508 e. The summed E-state index contributed by atoms with van der Waals surface area (Å²) in [6, 6.07) is 7.46. The van der Waals surface area contributed by atoms with Crippen molar-refractivity contribution in [1.29, 1.82) is 0 Å². The summed E-state index contributed by atoms with van der Waals surface area (Å²) < 4.78 is 0. The summed E-state index contributed by atoms with van der Waals surface area (Å²) in [4.78, 5) is 10.1. The molecule has 1 N–H and O–H groups in total. The number of benzene rings is 1. The first kappa shape index (κ1) is 12.8. The van der Waals surface area contributed by atoms with Crippen LogP contribution in [-0.2, 0) is 4.79 Å². The zero-order valence-electron chi connectivity index (χ0n) is 9.86. The number of aldehydes is 1. The molecule has 0 heterocycles. The molecule has 0 spiro atoms. The quantitative estimate of drug-likeness (QED) is 0.562. The Morgan fingerprint density at radius 1 is 1.31 bits per heavy atom. The van der Waals surface area contributed by atoms with Crippen LogP contribution < -0.4 is 0 Å². The lowest BCUT2D eigenvalue weighted by Gasteiger charge is -2.11. The van der Waals surface area contributed by atoms with Crippen LogP contribution in [0.3, 0.4) is 0 Å². The molecule has 0 bridgehead atoms. The van der Waals surface area contributed by atoms with Crippen molar-refractivity contribution in [2.24, 2.45) is 0 Å². The Balaban J connectivity index is 2.29. The van der Waals surface area contributed by atoms with Gasteiger partial charge in [-0.1, -0.05) is 31.9 Å². The summed E-state index contributed by atoms with van der Waals surface area (Å²) >= 11 is 0. The molecule has 0 aliphatic heterocycles. The van der Waals surface area contributed by atoms with Crippen LogP contribution in [0.4, 0.5) is 0 Å². The lowest BCUT2D eigenvalue weighted by molar-refractivity contribution is -0.107. The van der Waals surface area contributed by atoms with E-state index in [0.29, 0.717) is 18.1 Å². The number of hydrogen-bond donors (Lipinski definition) is 1. The number of hydrogen-bond acceptors (Lipinski definition) is 2. The molecule has 88 valence electrons. The van der Waals surface area contributed by atoms with Gasteiger partial charge < -0.3 is 9.90 Å². The van der Waals surface area contributed by atoms with E-state index < -0.39 is 0 Å². The first-order chi connectivity index (χ1) is 7.74. The van der Waals surface area contributed by atoms with E-state index >= 15 is 0 Å². The minimum absolute atomic E-state index is 0.338. The highest BCUT2D eigenvalue weighted by Crippen LogP contribution is 2.24. The highest BCUT2D eigenvalue weighted by Gasteiger charge is 2.05. The molecule has 1 atom stereocenters. The van der Waals surface area contributed by atoms with Crippen LogP contribution >= 0.6 is 0 Å². The standard InChI is InChI=1S/C14H20O2/c1-12(7-4-2-3-5-10-15)13-8-6-9-14(16)11-13/h6,8-12,16H,2-5,7H2,1H3. The second-order valence-corrected chi connectivity index (χ2v) is 4.30. The zero-order valence-corrected chi connectivity index (χ0v) is 9.86. The van der Waals surface area contributed by atoms with E-state index in [0.717, 1.165) is 32.0 Å². The fourth-order valence-corrected chi connectivity index (χ4v) is 1.85. The van der Waals surface area contributed by atoms with Gasteiger partial charge in [0.2, 0.25) is 0 Å². The Kier molecular flexibility index (Phi) is 5.62. The van der Waals surface area contributed by atoms with Crippen molar-refractivity contribution in [3.63, 3.8) is 0 Å². The maximum absolute atomic E-state index is 10.1. The number of rotatable bonds is 7. The molecule has 1 rings (SSSR count). The molecule has 1 unspecified atom stereocenters. The summed E-state index contributed by atoms with van der Waals surface area (Å²) in [7, 11) is 0. The molecule has 16 heavy (non-hydrogen) atoms. The first-order valence-corrected chi connectivity index (χ1v) is 5.96. The molecule has 0 aliphatic rings. The molecule has 0 saturated heterocycles. The molecule has 0 radical (unpaired) electrons. The summed E-state index contributed by atoms with van der Waals surface area (Å²) in [6.45, 7) is 2.18. The maximum Gasteiger partial charge on any atom is 0.119 e. The average Bonchev–Trinajstić information content (AvgIpc) is 2.28. The number of phenols is 1. The molecule has 0 saturated carbocycles. The third kappa shape index (κ3) is 4.47. The van der Waals surface area contributed by atoms with Crippen LogP contribution in [0.15, 0.2) is 24.3 Å². The predicted molar refractivity (Wildman–Crippen MR) is 65.7 cm³/mol. The maximum atomic E-state index is 10.1. The number of phenolic OH excluding ortho intramolecular Hbond substituents is 1. The van der Waals surface area contributed by atoms with Gasteiger partial charge in [-0.05, 0) is 36.5 Å². The van der Waals surface area contributed by atoms with Gasteiger partial charge in [-0.3, -0.25) is 0 Å². The monoisotopic (exact) mass is 220 g/mol. The second kappa shape index (κ2) is 7.04. The lowest BCUT2D eigenvalue weighted by Crippen LogP contribution is -1.93. The van der Waals surface area contributed by atoms with Gasteiger partial charge in [0.1, 0.15) is 12.0 Å². The van der Waals surface area contributed by atoms with E-state index in [-0.39, 0.29) is 0 Å². The second-order valence-electron chi connectivity index (χ2n) is 4.30.